The van der Waals surface area contributed by atoms with Gasteiger partial charge >= 0.3 is 0 Å². The standard InChI is InChI=1S/C23H27N5O3/c1-17(23(30)26-21-6-4-3-5-18(21)15-24)27(2)16-22(29)25-19-7-9-20(10-8-19)28-11-13-31-14-12-28/h3-10,17H,11-14,16H2,1-2H3,(H,25,29)(H,26,30)/p+1/t17-/m0/s1. The highest BCUT2D eigenvalue weighted by Crippen LogP contribution is 2.19. The normalized spacial score (nSPS) is 15.5. The van der Waals surface area contributed by atoms with Crippen LogP contribution in [0.25, 0.3) is 0 Å². The molecule has 0 spiro atoms. The van der Waals surface area contributed by atoms with E-state index in [0.29, 0.717) is 11.3 Å². The van der Waals surface area contributed by atoms with Crippen molar-refractivity contribution in [2.45, 2.75) is 13.0 Å². The summed E-state index contributed by atoms with van der Waals surface area (Å²) in [7, 11) is 1.79. The summed E-state index contributed by atoms with van der Waals surface area (Å²) >= 11 is 0. The summed E-state index contributed by atoms with van der Waals surface area (Å²) in [6.45, 7) is 5.06. The Morgan fingerprint density at radius 3 is 2.48 bits per heavy atom. The number of carbonyl (C=O) groups is 2. The largest absolute Gasteiger partial charge is 0.378 e. The number of benzene rings is 2. The minimum atomic E-state index is -0.471. The van der Waals surface area contributed by atoms with Gasteiger partial charge in [-0.05, 0) is 43.3 Å². The lowest BCUT2D eigenvalue weighted by Crippen LogP contribution is -3.14. The number of nitrogens with zero attached hydrogens (tertiary/aromatic N) is 2. The maximum Gasteiger partial charge on any atom is 0.282 e. The van der Waals surface area contributed by atoms with Crippen LogP contribution in [-0.2, 0) is 14.3 Å². The van der Waals surface area contributed by atoms with Gasteiger partial charge in [-0.1, -0.05) is 12.1 Å². The number of hydrogen-bond acceptors (Lipinski definition) is 5. The average Bonchev–Trinajstić information content (AvgIpc) is 2.79. The predicted molar refractivity (Wildman–Crippen MR) is 119 cm³/mol. The second kappa shape index (κ2) is 10.6. The minimum Gasteiger partial charge on any atom is -0.378 e. The van der Waals surface area contributed by atoms with Crippen molar-refractivity contribution >= 4 is 28.9 Å². The first-order valence-electron chi connectivity index (χ1n) is 10.3. The first-order valence-corrected chi connectivity index (χ1v) is 10.3. The zero-order valence-electron chi connectivity index (χ0n) is 17.9. The molecule has 1 saturated heterocycles. The van der Waals surface area contributed by atoms with Gasteiger partial charge in [0.25, 0.3) is 11.8 Å². The monoisotopic (exact) mass is 422 g/mol. The second-order valence-corrected chi connectivity index (χ2v) is 7.59. The zero-order valence-corrected chi connectivity index (χ0v) is 17.9. The van der Waals surface area contributed by atoms with Crippen molar-refractivity contribution in [1.29, 1.82) is 5.26 Å². The van der Waals surface area contributed by atoms with E-state index in [0.717, 1.165) is 42.6 Å². The van der Waals surface area contributed by atoms with E-state index in [1.165, 1.54) is 0 Å². The Morgan fingerprint density at radius 1 is 1.13 bits per heavy atom. The molecule has 162 valence electrons. The van der Waals surface area contributed by atoms with E-state index in [9.17, 15) is 9.59 Å². The lowest BCUT2D eigenvalue weighted by Gasteiger charge is -2.28. The van der Waals surface area contributed by atoms with Gasteiger partial charge in [0.2, 0.25) is 0 Å². The summed E-state index contributed by atoms with van der Waals surface area (Å²) in [4.78, 5) is 28.0. The van der Waals surface area contributed by atoms with Crippen LogP contribution in [0, 0.1) is 11.3 Å². The summed E-state index contributed by atoms with van der Waals surface area (Å²) in [5, 5.41) is 14.8. The van der Waals surface area contributed by atoms with Gasteiger partial charge in [0.15, 0.2) is 12.6 Å². The molecule has 1 fully saturated rings. The molecule has 1 heterocycles. The fourth-order valence-electron chi connectivity index (χ4n) is 3.34. The van der Waals surface area contributed by atoms with Crippen LogP contribution in [0.1, 0.15) is 12.5 Å². The Hall–Kier alpha value is -3.41. The second-order valence-electron chi connectivity index (χ2n) is 7.59. The van der Waals surface area contributed by atoms with Crippen molar-refractivity contribution in [2.24, 2.45) is 0 Å². The molecule has 3 rings (SSSR count). The molecule has 31 heavy (non-hydrogen) atoms. The van der Waals surface area contributed by atoms with Gasteiger partial charge in [-0.25, -0.2) is 0 Å². The van der Waals surface area contributed by atoms with Gasteiger partial charge in [0, 0.05) is 24.5 Å². The molecular weight excluding hydrogens is 394 g/mol. The Balaban J connectivity index is 1.51. The predicted octanol–water partition coefficient (Wildman–Crippen LogP) is 0.875. The quantitative estimate of drug-likeness (QED) is 0.615. The van der Waals surface area contributed by atoms with E-state index in [1.54, 1.807) is 38.2 Å². The maximum absolute atomic E-state index is 12.6. The molecule has 2 atom stereocenters. The lowest BCUT2D eigenvalue weighted by molar-refractivity contribution is -0.885. The van der Waals surface area contributed by atoms with Crippen LogP contribution in [-0.4, -0.2) is 57.8 Å². The van der Waals surface area contributed by atoms with E-state index < -0.39 is 6.04 Å². The molecule has 3 N–H and O–H groups in total. The molecule has 0 bridgehead atoms. The topological polar surface area (TPSA) is 98.9 Å². The molecule has 8 nitrogen and oxygen atoms in total. The first kappa shape index (κ1) is 22.3. The molecule has 1 unspecified atom stereocenters. The molecule has 1 aliphatic rings. The van der Waals surface area contributed by atoms with Crippen LogP contribution in [0.2, 0.25) is 0 Å². The van der Waals surface area contributed by atoms with Gasteiger partial charge < -0.3 is 25.2 Å². The molecule has 0 radical (unpaired) electrons. The number of morpholine rings is 1. The number of anilines is 3. The highest BCUT2D eigenvalue weighted by molar-refractivity contribution is 5.95. The Labute approximate surface area is 182 Å². The number of nitrogens with one attached hydrogen (secondary N) is 3. The highest BCUT2D eigenvalue weighted by atomic mass is 16.5. The average molecular weight is 423 g/mol. The van der Waals surface area contributed by atoms with Crippen LogP contribution in [0.4, 0.5) is 17.1 Å². The molecule has 2 amide bonds. The summed E-state index contributed by atoms with van der Waals surface area (Å²) in [6.07, 6.45) is 0. The van der Waals surface area contributed by atoms with E-state index >= 15 is 0 Å². The number of ether oxygens (including phenoxy) is 1. The maximum atomic E-state index is 12.6. The number of amides is 2. The lowest BCUT2D eigenvalue weighted by atomic mass is 10.2. The fourth-order valence-corrected chi connectivity index (χ4v) is 3.34. The van der Waals surface area contributed by atoms with Gasteiger partial charge in [-0.3, -0.25) is 9.59 Å². The highest BCUT2D eigenvalue weighted by Gasteiger charge is 2.24. The van der Waals surface area contributed by atoms with Crippen LogP contribution < -0.4 is 20.4 Å². The molecule has 0 aromatic heterocycles. The Morgan fingerprint density at radius 2 is 1.81 bits per heavy atom. The van der Waals surface area contributed by atoms with Crippen LogP contribution in [0.5, 0.6) is 0 Å². The number of quaternary nitrogens is 1. The molecule has 0 aliphatic carbocycles. The van der Waals surface area contributed by atoms with Crippen molar-refractivity contribution in [3.8, 4) is 6.07 Å². The first-order chi connectivity index (χ1) is 15.0. The van der Waals surface area contributed by atoms with Crippen molar-refractivity contribution < 1.29 is 19.2 Å². The number of para-hydroxylation sites is 1. The molecule has 0 saturated carbocycles. The molecular formula is C23H28N5O3+. The molecule has 2 aromatic rings. The molecule has 1 aliphatic heterocycles. The number of nitriles is 1. The van der Waals surface area contributed by atoms with E-state index in [2.05, 4.69) is 21.6 Å². The Bertz CT molecular complexity index is 948. The smallest absolute Gasteiger partial charge is 0.282 e. The number of rotatable bonds is 7. The zero-order chi connectivity index (χ0) is 22.2. The summed E-state index contributed by atoms with van der Waals surface area (Å²) in [5.74, 6) is -0.420. The van der Waals surface area contributed by atoms with Crippen molar-refractivity contribution in [2.75, 3.05) is 55.4 Å². The van der Waals surface area contributed by atoms with Crippen molar-refractivity contribution in [3.63, 3.8) is 0 Å². The van der Waals surface area contributed by atoms with Gasteiger partial charge in [0.1, 0.15) is 6.07 Å². The van der Waals surface area contributed by atoms with Crippen LogP contribution in [0.15, 0.2) is 48.5 Å². The summed E-state index contributed by atoms with van der Waals surface area (Å²) < 4.78 is 5.37. The van der Waals surface area contributed by atoms with E-state index in [-0.39, 0.29) is 18.4 Å². The minimum absolute atomic E-state index is 0.139. The summed E-state index contributed by atoms with van der Waals surface area (Å²) in [6, 6.07) is 16.2. The third-order valence-corrected chi connectivity index (χ3v) is 5.40. The van der Waals surface area contributed by atoms with E-state index in [4.69, 9.17) is 10.00 Å². The van der Waals surface area contributed by atoms with Gasteiger partial charge in [-0.2, -0.15) is 5.26 Å². The third-order valence-electron chi connectivity index (χ3n) is 5.40. The fraction of sp³-hybridized carbons (Fsp3) is 0.348. The van der Waals surface area contributed by atoms with Crippen molar-refractivity contribution in [3.05, 3.63) is 54.1 Å². The SMILES string of the molecule is C[C@@H](C(=O)Nc1ccccc1C#N)[NH+](C)CC(=O)Nc1ccc(N2CCOCC2)cc1. The Kier molecular flexibility index (Phi) is 7.60. The van der Waals surface area contributed by atoms with Crippen LogP contribution in [0.3, 0.4) is 0 Å². The van der Waals surface area contributed by atoms with Crippen molar-refractivity contribution in [1.82, 2.24) is 0 Å². The molecule has 2 aromatic carbocycles. The van der Waals surface area contributed by atoms with Gasteiger partial charge in [0.05, 0.1) is 31.5 Å². The van der Waals surface area contributed by atoms with Gasteiger partial charge in [-0.15, -0.1) is 0 Å². The number of likely N-dealkylation sites (N-methyl/N-ethyl adjacent to an activating group) is 1. The third kappa shape index (κ3) is 6.04. The number of hydrogen-bond donors (Lipinski definition) is 3. The van der Waals surface area contributed by atoms with Crippen LogP contribution >= 0.6 is 0 Å². The number of carbonyl (C=O) groups excluding carboxylic acids is 2. The van der Waals surface area contributed by atoms with E-state index in [1.807, 2.05) is 24.3 Å². The molecule has 8 heteroatoms. The summed E-state index contributed by atoms with van der Waals surface area (Å²) in [5.41, 5.74) is 2.69.